The number of carbonyl (C=O) groups is 1. The minimum Gasteiger partial charge on any atom is -0.476 e. The van der Waals surface area contributed by atoms with Gasteiger partial charge in [0.15, 0.2) is 5.69 Å². The number of benzene rings is 1. The number of carboxylic acids is 1. The summed E-state index contributed by atoms with van der Waals surface area (Å²) in [4.78, 5) is 26.5. The maximum atomic E-state index is 13.7. The molecule has 0 bridgehead atoms. The number of nitrogens with one attached hydrogen (secondary N) is 1. The Bertz CT molecular complexity index is 929. The van der Waals surface area contributed by atoms with Crippen molar-refractivity contribution in [3.05, 3.63) is 57.3 Å². The molecule has 0 aliphatic heterocycles. The summed E-state index contributed by atoms with van der Waals surface area (Å²) in [5, 5.41) is 12.8. The smallest absolute Gasteiger partial charge is 0.355 e. The van der Waals surface area contributed by atoms with E-state index in [4.69, 9.17) is 5.11 Å². The first-order chi connectivity index (χ1) is 10.5. The van der Waals surface area contributed by atoms with E-state index in [9.17, 15) is 18.4 Å². The Balaban J connectivity index is 2.07. The lowest BCUT2D eigenvalue weighted by Crippen LogP contribution is -2.13. The quantitative estimate of drug-likeness (QED) is 0.774. The first kappa shape index (κ1) is 14.1. The molecule has 0 saturated carbocycles. The van der Waals surface area contributed by atoms with Crippen molar-refractivity contribution in [1.29, 1.82) is 0 Å². The van der Waals surface area contributed by atoms with Crippen molar-refractivity contribution < 1.29 is 18.7 Å². The van der Waals surface area contributed by atoms with Crippen LogP contribution in [0, 0.1) is 11.6 Å². The first-order valence-electron chi connectivity index (χ1n) is 5.92. The molecule has 2 N–H and O–H groups in total. The number of thiazole rings is 1. The summed E-state index contributed by atoms with van der Waals surface area (Å²) >= 11 is 0.946. The largest absolute Gasteiger partial charge is 0.476 e. The van der Waals surface area contributed by atoms with Gasteiger partial charge in [-0.05, 0) is 12.1 Å². The van der Waals surface area contributed by atoms with Crippen molar-refractivity contribution in [1.82, 2.24) is 14.8 Å². The van der Waals surface area contributed by atoms with E-state index in [1.807, 2.05) is 0 Å². The van der Waals surface area contributed by atoms with Crippen molar-refractivity contribution >= 4 is 17.3 Å². The van der Waals surface area contributed by atoms with Gasteiger partial charge in [0.25, 0.3) is 5.56 Å². The SMILES string of the molecule is O=C(O)c1csc(-n2[nH]c(-c3ccc(F)cc3F)cc2=O)n1. The van der Waals surface area contributed by atoms with E-state index in [0.29, 0.717) is 6.07 Å². The van der Waals surface area contributed by atoms with E-state index < -0.39 is 23.2 Å². The van der Waals surface area contributed by atoms with Crippen LogP contribution in [0.15, 0.2) is 34.4 Å². The number of aromatic carboxylic acids is 1. The fraction of sp³-hybridized carbons (Fsp3) is 0. The lowest BCUT2D eigenvalue weighted by Gasteiger charge is -2.00. The van der Waals surface area contributed by atoms with Crippen LogP contribution in [-0.4, -0.2) is 25.8 Å². The fourth-order valence-electron chi connectivity index (χ4n) is 1.85. The molecule has 1 aromatic carbocycles. The monoisotopic (exact) mass is 323 g/mol. The highest BCUT2D eigenvalue weighted by molar-refractivity contribution is 7.12. The van der Waals surface area contributed by atoms with Crippen LogP contribution < -0.4 is 5.56 Å². The Labute approximate surface area is 125 Å². The van der Waals surface area contributed by atoms with Gasteiger partial charge in [0.1, 0.15) is 11.6 Å². The van der Waals surface area contributed by atoms with Gasteiger partial charge in [-0.1, -0.05) is 0 Å². The molecule has 9 heteroatoms. The van der Waals surface area contributed by atoms with E-state index in [1.165, 1.54) is 11.4 Å². The Morgan fingerprint density at radius 1 is 1.32 bits per heavy atom. The highest BCUT2D eigenvalue weighted by Crippen LogP contribution is 2.21. The molecule has 22 heavy (non-hydrogen) atoms. The van der Waals surface area contributed by atoms with Crippen LogP contribution in [0.4, 0.5) is 8.78 Å². The summed E-state index contributed by atoms with van der Waals surface area (Å²) in [6.07, 6.45) is 0. The second-order valence-electron chi connectivity index (χ2n) is 4.29. The van der Waals surface area contributed by atoms with Crippen molar-refractivity contribution in [3.63, 3.8) is 0 Å². The Morgan fingerprint density at radius 3 is 2.73 bits per heavy atom. The van der Waals surface area contributed by atoms with Gasteiger partial charge in [-0.2, -0.15) is 4.68 Å². The number of H-pyrrole nitrogens is 1. The van der Waals surface area contributed by atoms with Crippen LogP contribution in [0.3, 0.4) is 0 Å². The zero-order valence-electron chi connectivity index (χ0n) is 10.7. The van der Waals surface area contributed by atoms with Crippen molar-refractivity contribution in [2.75, 3.05) is 0 Å². The Kier molecular flexibility index (Phi) is 3.33. The van der Waals surface area contributed by atoms with Crippen LogP contribution in [0.2, 0.25) is 0 Å². The second kappa shape index (κ2) is 5.19. The van der Waals surface area contributed by atoms with Gasteiger partial charge in [-0.25, -0.2) is 18.6 Å². The average Bonchev–Trinajstić information content (AvgIpc) is 3.05. The number of rotatable bonds is 3. The first-order valence-corrected chi connectivity index (χ1v) is 6.80. The maximum absolute atomic E-state index is 13.7. The normalized spacial score (nSPS) is 10.8. The molecule has 0 saturated heterocycles. The molecule has 6 nitrogen and oxygen atoms in total. The van der Waals surface area contributed by atoms with Crippen molar-refractivity contribution in [2.24, 2.45) is 0 Å². The summed E-state index contributed by atoms with van der Waals surface area (Å²) < 4.78 is 27.6. The number of hydrogen-bond donors (Lipinski definition) is 2. The topological polar surface area (TPSA) is 88.0 Å². The number of hydrogen-bond acceptors (Lipinski definition) is 4. The number of carboxylic acid groups (broad SMARTS) is 1. The van der Waals surface area contributed by atoms with E-state index >= 15 is 0 Å². The molecule has 3 rings (SSSR count). The van der Waals surface area contributed by atoms with E-state index in [2.05, 4.69) is 10.1 Å². The summed E-state index contributed by atoms with van der Waals surface area (Å²) in [5.74, 6) is -2.76. The van der Waals surface area contributed by atoms with E-state index in [-0.39, 0.29) is 22.1 Å². The molecule has 0 radical (unpaired) electrons. The highest BCUT2D eigenvalue weighted by Gasteiger charge is 2.15. The Morgan fingerprint density at radius 2 is 2.09 bits per heavy atom. The van der Waals surface area contributed by atoms with Crippen LogP contribution in [-0.2, 0) is 0 Å². The van der Waals surface area contributed by atoms with E-state index in [1.54, 1.807) is 0 Å². The van der Waals surface area contributed by atoms with Crippen LogP contribution >= 0.6 is 11.3 Å². The van der Waals surface area contributed by atoms with Crippen LogP contribution in [0.1, 0.15) is 10.5 Å². The van der Waals surface area contributed by atoms with Crippen molar-refractivity contribution in [2.45, 2.75) is 0 Å². The van der Waals surface area contributed by atoms with Gasteiger partial charge in [-0.3, -0.25) is 9.89 Å². The molecule has 0 unspecified atom stereocenters. The number of nitrogens with zero attached hydrogens (tertiary/aromatic N) is 2. The molecule has 2 heterocycles. The fourth-order valence-corrected chi connectivity index (χ4v) is 2.61. The molecule has 2 aromatic heterocycles. The molecular weight excluding hydrogens is 316 g/mol. The molecule has 0 atom stereocenters. The molecule has 112 valence electrons. The number of halogens is 2. The standard InChI is InChI=1S/C13H7F2N3O3S/c14-6-1-2-7(8(15)3-6)9-4-11(19)18(17-9)13-16-10(5-22-13)12(20)21/h1-5,17H,(H,20,21). The molecular formula is C13H7F2N3O3S. The Hall–Kier alpha value is -2.81. The van der Waals surface area contributed by atoms with Gasteiger partial charge < -0.3 is 5.11 Å². The number of aromatic nitrogens is 3. The third-order valence-corrected chi connectivity index (χ3v) is 3.67. The van der Waals surface area contributed by atoms with Crippen molar-refractivity contribution in [3.8, 4) is 16.4 Å². The lowest BCUT2D eigenvalue weighted by molar-refractivity contribution is 0.0691. The van der Waals surface area contributed by atoms with Gasteiger partial charge >= 0.3 is 5.97 Å². The summed E-state index contributed by atoms with van der Waals surface area (Å²) in [7, 11) is 0. The molecule has 0 amide bonds. The third-order valence-electron chi connectivity index (χ3n) is 2.84. The van der Waals surface area contributed by atoms with Gasteiger partial charge in [0.05, 0.1) is 5.69 Å². The highest BCUT2D eigenvalue weighted by atomic mass is 32.1. The van der Waals surface area contributed by atoms with Crippen LogP contribution in [0.25, 0.3) is 16.4 Å². The van der Waals surface area contributed by atoms with Gasteiger partial charge in [0, 0.05) is 23.1 Å². The average molecular weight is 323 g/mol. The van der Waals surface area contributed by atoms with E-state index in [0.717, 1.165) is 28.2 Å². The minimum absolute atomic E-state index is 0.0206. The summed E-state index contributed by atoms with van der Waals surface area (Å²) in [5.41, 5.74) is -0.581. The van der Waals surface area contributed by atoms with Gasteiger partial charge in [-0.15, -0.1) is 11.3 Å². The molecule has 0 fully saturated rings. The molecule has 0 aliphatic rings. The minimum atomic E-state index is -1.22. The van der Waals surface area contributed by atoms with Crippen LogP contribution in [0.5, 0.6) is 0 Å². The molecule has 0 spiro atoms. The zero-order valence-corrected chi connectivity index (χ0v) is 11.5. The summed E-state index contributed by atoms with van der Waals surface area (Å²) in [6.45, 7) is 0. The van der Waals surface area contributed by atoms with Gasteiger partial charge in [0.2, 0.25) is 5.13 Å². The predicted molar refractivity (Wildman–Crippen MR) is 74.4 cm³/mol. The lowest BCUT2D eigenvalue weighted by atomic mass is 10.1. The number of aromatic amines is 1. The third kappa shape index (κ3) is 2.42. The predicted octanol–water partition coefficient (Wildman–Crippen LogP) is 2.27. The molecule has 3 aromatic rings. The zero-order chi connectivity index (χ0) is 15.9. The maximum Gasteiger partial charge on any atom is 0.355 e. The summed E-state index contributed by atoms with van der Waals surface area (Å²) in [6, 6.07) is 4.10. The second-order valence-corrected chi connectivity index (χ2v) is 5.12. The molecule has 0 aliphatic carbocycles.